The third-order valence-electron chi connectivity index (χ3n) is 3.17. The number of aliphatic carboxylic acids is 1. The summed E-state index contributed by atoms with van der Waals surface area (Å²) in [6.45, 7) is 3.62. The average molecular weight is 287 g/mol. The van der Waals surface area contributed by atoms with E-state index in [2.05, 4.69) is 10.2 Å². The molecule has 8 heteroatoms. The zero-order chi connectivity index (χ0) is 13.9. The molecule has 2 heterocycles. The van der Waals surface area contributed by atoms with Gasteiger partial charge in [-0.3, -0.25) is 4.79 Å². The molecular weight excluding hydrogens is 270 g/mol. The van der Waals surface area contributed by atoms with Gasteiger partial charge in [0.25, 0.3) is 0 Å². The third kappa shape index (κ3) is 3.26. The van der Waals surface area contributed by atoms with Gasteiger partial charge in [0.1, 0.15) is 11.4 Å². The van der Waals surface area contributed by atoms with Crippen molar-refractivity contribution in [2.75, 3.05) is 26.1 Å². The number of thioether (sulfide) groups is 1. The largest absolute Gasteiger partial charge is 0.481 e. The number of carboxylic acid groups (broad SMARTS) is 1. The Morgan fingerprint density at radius 1 is 1.63 bits per heavy atom. The molecular formula is C11H17N3O4S. The first-order valence-corrected chi connectivity index (χ1v) is 6.92. The highest BCUT2D eigenvalue weighted by atomic mass is 32.2. The Labute approximate surface area is 115 Å². The van der Waals surface area contributed by atoms with Crippen LogP contribution in [0.15, 0.2) is 5.16 Å². The minimum atomic E-state index is -0.872. The molecule has 0 spiro atoms. The Bertz CT molecular complexity index is 457. The number of carboxylic acids is 1. The van der Waals surface area contributed by atoms with Crippen molar-refractivity contribution in [3.8, 4) is 0 Å². The van der Waals surface area contributed by atoms with Crippen molar-refractivity contribution in [3.05, 3.63) is 5.82 Å². The summed E-state index contributed by atoms with van der Waals surface area (Å²) in [5.41, 5.74) is -0.369. The lowest BCUT2D eigenvalue weighted by atomic mass is 10.0. The van der Waals surface area contributed by atoms with E-state index in [0.29, 0.717) is 24.9 Å². The molecule has 1 atom stereocenters. The Balaban J connectivity index is 2.14. The van der Waals surface area contributed by atoms with Crippen LogP contribution < -0.4 is 0 Å². The third-order valence-corrected chi connectivity index (χ3v) is 4.12. The number of ether oxygens (including phenoxy) is 2. The molecule has 0 radical (unpaired) electrons. The van der Waals surface area contributed by atoms with Crippen LogP contribution in [-0.2, 0) is 20.8 Å². The van der Waals surface area contributed by atoms with Crippen LogP contribution in [0, 0.1) is 6.92 Å². The van der Waals surface area contributed by atoms with Gasteiger partial charge >= 0.3 is 5.97 Å². The molecule has 7 nitrogen and oxygen atoms in total. The summed E-state index contributed by atoms with van der Waals surface area (Å²) in [7, 11) is 1.67. The van der Waals surface area contributed by atoms with Crippen LogP contribution in [0.5, 0.6) is 0 Å². The molecule has 0 aromatic carbocycles. The minimum Gasteiger partial charge on any atom is -0.481 e. The first-order valence-electron chi connectivity index (χ1n) is 5.94. The fourth-order valence-electron chi connectivity index (χ4n) is 2.00. The number of hydrogen-bond acceptors (Lipinski definition) is 6. The molecule has 1 aromatic rings. The number of nitrogens with zero attached hydrogens (tertiary/aromatic N) is 3. The molecule has 1 saturated heterocycles. The number of aryl methyl sites for hydroxylation is 1. The topological polar surface area (TPSA) is 86.5 Å². The van der Waals surface area contributed by atoms with Gasteiger partial charge in [-0.25, -0.2) is 0 Å². The first kappa shape index (κ1) is 14.3. The highest BCUT2D eigenvalue weighted by molar-refractivity contribution is 7.99. The molecule has 2 rings (SSSR count). The summed E-state index contributed by atoms with van der Waals surface area (Å²) in [4.78, 5) is 10.6. The van der Waals surface area contributed by atoms with Gasteiger partial charge in [-0.15, -0.1) is 10.2 Å². The van der Waals surface area contributed by atoms with Gasteiger partial charge in [0, 0.05) is 20.1 Å². The maximum atomic E-state index is 10.6. The van der Waals surface area contributed by atoms with E-state index in [0.717, 1.165) is 24.0 Å². The predicted octanol–water partition coefficient (Wildman–Crippen LogP) is 0.569. The van der Waals surface area contributed by atoms with Gasteiger partial charge in [-0.05, 0) is 6.92 Å². The normalized spacial score (nSPS) is 22.8. The van der Waals surface area contributed by atoms with Crippen LogP contribution in [0.1, 0.15) is 12.2 Å². The monoisotopic (exact) mass is 287 g/mol. The average Bonchev–Trinajstić information content (AvgIpc) is 2.97. The zero-order valence-electron chi connectivity index (χ0n) is 11.0. The van der Waals surface area contributed by atoms with E-state index in [1.807, 2.05) is 11.5 Å². The van der Waals surface area contributed by atoms with Crippen molar-refractivity contribution in [3.63, 3.8) is 0 Å². The SMILES string of the molecule is COC1(Cn2c(C)nnc2SCC(=O)O)CCOC1. The van der Waals surface area contributed by atoms with Crippen LogP contribution in [-0.4, -0.2) is 57.5 Å². The number of carbonyl (C=O) groups is 1. The standard InChI is InChI=1S/C11H17N3O4S/c1-8-12-13-10(19-5-9(15)16)14(8)6-11(17-2)3-4-18-7-11/h3-7H2,1-2H3,(H,15,16). The number of aromatic nitrogens is 3. The van der Waals surface area contributed by atoms with Crippen molar-refractivity contribution < 1.29 is 19.4 Å². The lowest BCUT2D eigenvalue weighted by Gasteiger charge is -2.27. The van der Waals surface area contributed by atoms with Crippen LogP contribution in [0.2, 0.25) is 0 Å². The highest BCUT2D eigenvalue weighted by Crippen LogP contribution is 2.27. The van der Waals surface area contributed by atoms with Gasteiger partial charge in [-0.1, -0.05) is 11.8 Å². The van der Waals surface area contributed by atoms with E-state index in [4.69, 9.17) is 14.6 Å². The molecule has 1 unspecified atom stereocenters. The molecule has 1 N–H and O–H groups in total. The van der Waals surface area contributed by atoms with Crippen molar-refractivity contribution >= 4 is 17.7 Å². The highest BCUT2D eigenvalue weighted by Gasteiger charge is 2.36. The van der Waals surface area contributed by atoms with E-state index in [9.17, 15) is 4.79 Å². The maximum absolute atomic E-state index is 10.6. The summed E-state index contributed by atoms with van der Waals surface area (Å²) in [6, 6.07) is 0. The second-order valence-electron chi connectivity index (χ2n) is 4.49. The van der Waals surface area contributed by atoms with E-state index < -0.39 is 5.97 Å². The van der Waals surface area contributed by atoms with E-state index in [1.54, 1.807) is 7.11 Å². The molecule has 1 aromatic heterocycles. The first-order chi connectivity index (χ1) is 9.06. The maximum Gasteiger partial charge on any atom is 0.313 e. The fraction of sp³-hybridized carbons (Fsp3) is 0.727. The summed E-state index contributed by atoms with van der Waals surface area (Å²) >= 11 is 1.16. The van der Waals surface area contributed by atoms with Gasteiger partial charge < -0.3 is 19.1 Å². The summed E-state index contributed by atoms with van der Waals surface area (Å²) < 4.78 is 12.9. The van der Waals surface area contributed by atoms with Crippen molar-refractivity contribution in [2.24, 2.45) is 0 Å². The fourth-order valence-corrected chi connectivity index (χ4v) is 2.71. The van der Waals surface area contributed by atoms with Crippen LogP contribution in [0.25, 0.3) is 0 Å². The molecule has 1 aliphatic heterocycles. The van der Waals surface area contributed by atoms with Crippen molar-refractivity contribution in [2.45, 2.75) is 30.6 Å². The Hall–Kier alpha value is -1.12. The second kappa shape index (κ2) is 5.89. The molecule has 106 valence electrons. The summed E-state index contributed by atoms with van der Waals surface area (Å²) in [5.74, 6) is -0.159. The lowest BCUT2D eigenvalue weighted by Crippen LogP contribution is -2.37. The molecule has 0 bridgehead atoms. The number of rotatable bonds is 6. The van der Waals surface area contributed by atoms with Gasteiger partial charge in [-0.2, -0.15) is 0 Å². The Kier molecular flexibility index (Phi) is 4.43. The van der Waals surface area contributed by atoms with Crippen molar-refractivity contribution in [1.82, 2.24) is 14.8 Å². The molecule has 19 heavy (non-hydrogen) atoms. The predicted molar refractivity (Wildman–Crippen MR) is 68.3 cm³/mol. The molecule has 0 aliphatic carbocycles. The zero-order valence-corrected chi connectivity index (χ0v) is 11.8. The summed E-state index contributed by atoms with van der Waals surface area (Å²) in [5, 5.41) is 17.3. The van der Waals surface area contributed by atoms with Gasteiger partial charge in [0.2, 0.25) is 0 Å². The number of hydrogen-bond donors (Lipinski definition) is 1. The molecule has 0 amide bonds. The van der Waals surface area contributed by atoms with Gasteiger partial charge in [0.15, 0.2) is 5.16 Å². The lowest BCUT2D eigenvalue weighted by molar-refractivity contribution is -0.133. The Morgan fingerprint density at radius 2 is 2.42 bits per heavy atom. The van der Waals surface area contributed by atoms with E-state index in [1.165, 1.54) is 0 Å². The minimum absolute atomic E-state index is 0.0331. The van der Waals surface area contributed by atoms with Crippen LogP contribution >= 0.6 is 11.8 Å². The number of methoxy groups -OCH3 is 1. The molecule has 1 aliphatic rings. The van der Waals surface area contributed by atoms with E-state index >= 15 is 0 Å². The van der Waals surface area contributed by atoms with E-state index in [-0.39, 0.29) is 11.4 Å². The van der Waals surface area contributed by atoms with Gasteiger partial charge in [0.05, 0.1) is 18.9 Å². The molecule has 1 fully saturated rings. The van der Waals surface area contributed by atoms with Crippen LogP contribution in [0.3, 0.4) is 0 Å². The smallest absolute Gasteiger partial charge is 0.313 e. The molecule has 0 saturated carbocycles. The second-order valence-corrected chi connectivity index (χ2v) is 5.43. The quantitative estimate of drug-likeness (QED) is 0.765. The summed E-state index contributed by atoms with van der Waals surface area (Å²) in [6.07, 6.45) is 0.810. The van der Waals surface area contributed by atoms with Crippen molar-refractivity contribution in [1.29, 1.82) is 0 Å². The van der Waals surface area contributed by atoms with Crippen LogP contribution in [0.4, 0.5) is 0 Å². The Morgan fingerprint density at radius 3 is 3.00 bits per heavy atom.